The Kier molecular flexibility index (Phi) is 15.2. The molecule has 0 saturated carbocycles. The first-order valence-corrected chi connectivity index (χ1v) is 11.7. The van der Waals surface area contributed by atoms with Gasteiger partial charge in [-0.25, -0.2) is 0 Å². The zero-order valence-corrected chi connectivity index (χ0v) is 18.1. The van der Waals surface area contributed by atoms with Gasteiger partial charge >= 0.3 is 0 Å². The van der Waals surface area contributed by atoms with E-state index in [0.717, 1.165) is 12.2 Å². The van der Waals surface area contributed by atoms with Crippen LogP contribution in [0.1, 0.15) is 123 Å². The SMILES string of the molecule is CCCCCCCC/C=C\CCCCCCCCC[C@@H]1CC(=O)C=C(C)O1. The zero-order chi connectivity index (χ0) is 19.6. The third-order valence-corrected chi connectivity index (χ3v) is 5.43. The summed E-state index contributed by atoms with van der Waals surface area (Å²) in [5.41, 5.74) is 0. The summed E-state index contributed by atoms with van der Waals surface area (Å²) in [6.07, 6.45) is 28.3. The molecule has 0 aromatic carbocycles. The van der Waals surface area contributed by atoms with Crippen LogP contribution in [0.5, 0.6) is 0 Å². The van der Waals surface area contributed by atoms with Gasteiger partial charge in [0.15, 0.2) is 5.78 Å². The third kappa shape index (κ3) is 14.7. The predicted molar refractivity (Wildman–Crippen MR) is 117 cm³/mol. The molecule has 0 aromatic heterocycles. The van der Waals surface area contributed by atoms with Crippen LogP contribution in [-0.4, -0.2) is 11.9 Å². The Morgan fingerprint density at radius 3 is 1.93 bits per heavy atom. The van der Waals surface area contributed by atoms with E-state index in [-0.39, 0.29) is 11.9 Å². The summed E-state index contributed by atoms with van der Waals surface area (Å²) in [6.45, 7) is 4.16. The van der Waals surface area contributed by atoms with Gasteiger partial charge in [-0.3, -0.25) is 4.79 Å². The fourth-order valence-corrected chi connectivity index (χ4v) is 3.81. The molecule has 1 rings (SSSR count). The van der Waals surface area contributed by atoms with E-state index in [1.165, 1.54) is 96.3 Å². The fraction of sp³-hybridized carbons (Fsp3) is 0.800. The van der Waals surface area contributed by atoms with Gasteiger partial charge in [0.25, 0.3) is 0 Å². The molecule has 0 aliphatic carbocycles. The quantitative estimate of drug-likeness (QED) is 0.189. The lowest BCUT2D eigenvalue weighted by Gasteiger charge is -2.22. The summed E-state index contributed by atoms with van der Waals surface area (Å²) >= 11 is 0. The van der Waals surface area contributed by atoms with Crippen LogP contribution >= 0.6 is 0 Å². The molecule has 1 heterocycles. The van der Waals surface area contributed by atoms with E-state index in [1.807, 2.05) is 6.92 Å². The minimum absolute atomic E-state index is 0.130. The molecule has 0 fully saturated rings. The Balaban J connectivity index is 1.78. The molecule has 0 spiro atoms. The fourth-order valence-electron chi connectivity index (χ4n) is 3.81. The van der Waals surface area contributed by atoms with Crippen molar-refractivity contribution in [2.75, 3.05) is 0 Å². The van der Waals surface area contributed by atoms with E-state index in [1.54, 1.807) is 6.08 Å². The van der Waals surface area contributed by atoms with Crippen molar-refractivity contribution in [3.63, 3.8) is 0 Å². The largest absolute Gasteiger partial charge is 0.494 e. The Bertz CT molecular complexity index is 422. The lowest BCUT2D eigenvalue weighted by atomic mass is 10.0. The minimum atomic E-state index is 0.130. The van der Waals surface area contributed by atoms with Crippen molar-refractivity contribution in [1.29, 1.82) is 0 Å². The first kappa shape index (κ1) is 24.0. The van der Waals surface area contributed by atoms with Gasteiger partial charge in [-0.1, -0.05) is 83.3 Å². The van der Waals surface area contributed by atoms with E-state index in [2.05, 4.69) is 19.1 Å². The second kappa shape index (κ2) is 17.1. The Labute approximate surface area is 168 Å². The molecule has 1 aliphatic rings. The Morgan fingerprint density at radius 2 is 1.37 bits per heavy atom. The highest BCUT2D eigenvalue weighted by Crippen LogP contribution is 2.20. The predicted octanol–water partition coefficient (Wildman–Crippen LogP) is 8.07. The summed E-state index contributed by atoms with van der Waals surface area (Å²) in [4.78, 5) is 11.5. The average molecular weight is 377 g/mol. The van der Waals surface area contributed by atoms with Crippen LogP contribution in [0.3, 0.4) is 0 Å². The molecule has 0 N–H and O–H groups in total. The highest BCUT2D eigenvalue weighted by atomic mass is 16.5. The maximum absolute atomic E-state index is 11.5. The first-order valence-electron chi connectivity index (χ1n) is 11.7. The van der Waals surface area contributed by atoms with Crippen LogP contribution in [0, 0.1) is 0 Å². The van der Waals surface area contributed by atoms with Crippen LogP contribution in [0.15, 0.2) is 24.0 Å². The van der Waals surface area contributed by atoms with E-state index in [4.69, 9.17) is 4.74 Å². The van der Waals surface area contributed by atoms with Gasteiger partial charge in [0.05, 0.1) is 5.76 Å². The van der Waals surface area contributed by atoms with Gasteiger partial charge in [-0.05, 0) is 45.4 Å². The molecule has 0 aromatic rings. The van der Waals surface area contributed by atoms with Crippen molar-refractivity contribution in [2.45, 2.75) is 129 Å². The lowest BCUT2D eigenvalue weighted by Crippen LogP contribution is -2.21. The number of ketones is 1. The molecule has 156 valence electrons. The molecule has 27 heavy (non-hydrogen) atoms. The third-order valence-electron chi connectivity index (χ3n) is 5.43. The summed E-state index contributed by atoms with van der Waals surface area (Å²) in [5.74, 6) is 1.02. The number of allylic oxidation sites excluding steroid dienone is 4. The molecular formula is C25H44O2. The number of rotatable bonds is 17. The highest BCUT2D eigenvalue weighted by molar-refractivity contribution is 5.91. The van der Waals surface area contributed by atoms with Crippen molar-refractivity contribution in [3.05, 3.63) is 24.0 Å². The molecule has 2 heteroatoms. The van der Waals surface area contributed by atoms with E-state index >= 15 is 0 Å². The Hall–Kier alpha value is -1.05. The monoisotopic (exact) mass is 376 g/mol. The van der Waals surface area contributed by atoms with Gasteiger partial charge in [-0.2, -0.15) is 0 Å². The van der Waals surface area contributed by atoms with Crippen LogP contribution < -0.4 is 0 Å². The van der Waals surface area contributed by atoms with Crippen LogP contribution in [0.4, 0.5) is 0 Å². The summed E-state index contributed by atoms with van der Waals surface area (Å²) < 4.78 is 5.72. The first-order chi connectivity index (χ1) is 13.2. The second-order valence-electron chi connectivity index (χ2n) is 8.25. The number of unbranched alkanes of at least 4 members (excludes halogenated alkanes) is 13. The van der Waals surface area contributed by atoms with Gasteiger partial charge in [0.1, 0.15) is 6.10 Å². The van der Waals surface area contributed by atoms with Crippen LogP contribution in [0.25, 0.3) is 0 Å². The molecule has 0 unspecified atom stereocenters. The number of carbonyl (C=O) groups is 1. The maximum atomic E-state index is 11.5. The van der Waals surface area contributed by atoms with Crippen molar-refractivity contribution < 1.29 is 9.53 Å². The molecule has 0 bridgehead atoms. The summed E-state index contributed by atoms with van der Waals surface area (Å²) in [7, 11) is 0. The summed E-state index contributed by atoms with van der Waals surface area (Å²) in [5, 5.41) is 0. The van der Waals surface area contributed by atoms with E-state index < -0.39 is 0 Å². The number of hydrogen-bond acceptors (Lipinski definition) is 2. The molecule has 0 amide bonds. The topological polar surface area (TPSA) is 26.3 Å². The lowest BCUT2D eigenvalue weighted by molar-refractivity contribution is -0.118. The maximum Gasteiger partial charge on any atom is 0.162 e. The molecule has 0 radical (unpaired) electrons. The number of ether oxygens (including phenoxy) is 1. The molecule has 1 atom stereocenters. The van der Waals surface area contributed by atoms with E-state index in [0.29, 0.717) is 6.42 Å². The van der Waals surface area contributed by atoms with Gasteiger partial charge in [0.2, 0.25) is 0 Å². The van der Waals surface area contributed by atoms with Crippen molar-refractivity contribution in [1.82, 2.24) is 0 Å². The molecular weight excluding hydrogens is 332 g/mol. The smallest absolute Gasteiger partial charge is 0.162 e. The minimum Gasteiger partial charge on any atom is -0.494 e. The standard InChI is InChI=1S/C25H44O2/c1-3-4-5-6-7-8-9-10-11-12-13-14-15-16-17-18-19-20-25-22-24(26)21-23(2)27-25/h10-11,21,25H,3-9,12-20,22H2,1-2H3/b11-10-/t25-/m1/s1. The van der Waals surface area contributed by atoms with Crippen LogP contribution in [-0.2, 0) is 9.53 Å². The van der Waals surface area contributed by atoms with Crippen molar-refractivity contribution >= 4 is 5.78 Å². The molecule has 1 aliphatic heterocycles. The molecule has 2 nitrogen and oxygen atoms in total. The van der Waals surface area contributed by atoms with E-state index in [9.17, 15) is 4.79 Å². The van der Waals surface area contributed by atoms with Crippen molar-refractivity contribution in [3.8, 4) is 0 Å². The Morgan fingerprint density at radius 1 is 0.852 bits per heavy atom. The second-order valence-corrected chi connectivity index (χ2v) is 8.25. The van der Waals surface area contributed by atoms with Gasteiger partial charge in [0, 0.05) is 12.5 Å². The van der Waals surface area contributed by atoms with Gasteiger partial charge in [-0.15, -0.1) is 0 Å². The van der Waals surface area contributed by atoms with Crippen LogP contribution in [0.2, 0.25) is 0 Å². The number of carbonyl (C=O) groups excluding carboxylic acids is 1. The molecule has 0 saturated heterocycles. The highest BCUT2D eigenvalue weighted by Gasteiger charge is 2.18. The van der Waals surface area contributed by atoms with Crippen molar-refractivity contribution in [2.24, 2.45) is 0 Å². The normalized spacial score (nSPS) is 17.3. The zero-order valence-electron chi connectivity index (χ0n) is 18.1. The summed E-state index contributed by atoms with van der Waals surface area (Å²) in [6, 6.07) is 0. The number of hydrogen-bond donors (Lipinski definition) is 0. The van der Waals surface area contributed by atoms with Gasteiger partial charge < -0.3 is 4.74 Å². The average Bonchev–Trinajstić information content (AvgIpc) is 2.63.